The first-order valence-electron chi connectivity index (χ1n) is 10.9. The van der Waals surface area contributed by atoms with Gasteiger partial charge in [0.25, 0.3) is 0 Å². The number of benzene rings is 2. The summed E-state index contributed by atoms with van der Waals surface area (Å²) < 4.78 is 29.0. The lowest BCUT2D eigenvalue weighted by molar-refractivity contribution is 0.411. The Morgan fingerprint density at radius 1 is 1.00 bits per heavy atom. The number of nitrogens with one attached hydrogen (secondary N) is 2. The number of phenolic OH excluding ortho intramolecular Hbond substituents is 1. The van der Waals surface area contributed by atoms with Gasteiger partial charge in [0.2, 0.25) is 10.0 Å². The number of hydrogen-bond acceptors (Lipinski definition) is 4. The predicted octanol–water partition coefficient (Wildman–Crippen LogP) is 4.83. The second-order valence-electron chi connectivity index (χ2n) is 8.77. The van der Waals surface area contributed by atoms with Gasteiger partial charge in [-0.1, -0.05) is 43.5 Å². The van der Waals surface area contributed by atoms with Crippen LogP contribution in [0.5, 0.6) is 5.75 Å². The van der Waals surface area contributed by atoms with Crippen molar-refractivity contribution in [1.29, 1.82) is 0 Å². The van der Waals surface area contributed by atoms with Crippen LogP contribution in [-0.2, 0) is 10.0 Å². The van der Waals surface area contributed by atoms with Gasteiger partial charge >= 0.3 is 0 Å². The maximum absolute atomic E-state index is 13.0. The first-order chi connectivity index (χ1) is 14.5. The van der Waals surface area contributed by atoms with Gasteiger partial charge in [0.15, 0.2) is 0 Å². The molecule has 5 rings (SSSR count). The largest absolute Gasteiger partial charge is 0.508 e. The second kappa shape index (κ2) is 7.75. The molecule has 2 aromatic carbocycles. The fraction of sp³-hybridized carbons (Fsp3) is 0.417. The van der Waals surface area contributed by atoms with E-state index in [1.165, 1.54) is 6.42 Å². The first-order valence-corrected chi connectivity index (χ1v) is 12.4. The zero-order valence-electron chi connectivity index (χ0n) is 16.9. The van der Waals surface area contributed by atoms with Crippen LogP contribution < -0.4 is 10.0 Å². The molecular formula is C24H28N2O3S. The molecule has 0 spiro atoms. The summed E-state index contributed by atoms with van der Waals surface area (Å²) in [5.74, 6) is 0.771. The van der Waals surface area contributed by atoms with Gasteiger partial charge in [-0.3, -0.25) is 0 Å². The van der Waals surface area contributed by atoms with Crippen LogP contribution in [0.1, 0.15) is 61.6 Å². The molecule has 2 aliphatic carbocycles. The van der Waals surface area contributed by atoms with Gasteiger partial charge in [-0.25, -0.2) is 13.1 Å². The maximum Gasteiger partial charge on any atom is 0.240 e. The highest BCUT2D eigenvalue weighted by Crippen LogP contribution is 2.50. The van der Waals surface area contributed by atoms with Gasteiger partial charge in [-0.2, -0.15) is 0 Å². The summed E-state index contributed by atoms with van der Waals surface area (Å²) in [6.07, 6.45) is 10.6. The van der Waals surface area contributed by atoms with Crippen LogP contribution >= 0.6 is 0 Å². The smallest absolute Gasteiger partial charge is 0.240 e. The molecule has 0 radical (unpaired) electrons. The number of aromatic hydroxyl groups is 1. The zero-order chi connectivity index (χ0) is 20.7. The molecule has 5 nitrogen and oxygen atoms in total. The molecule has 0 amide bonds. The molecule has 3 atom stereocenters. The Morgan fingerprint density at radius 2 is 1.77 bits per heavy atom. The van der Waals surface area contributed by atoms with Crippen molar-refractivity contribution in [2.45, 2.75) is 61.4 Å². The van der Waals surface area contributed by atoms with E-state index in [9.17, 15) is 13.5 Å². The van der Waals surface area contributed by atoms with Crippen molar-refractivity contribution in [2.75, 3.05) is 5.32 Å². The van der Waals surface area contributed by atoms with E-state index in [1.807, 2.05) is 24.3 Å². The number of hydrogen-bond donors (Lipinski definition) is 3. The van der Waals surface area contributed by atoms with Crippen LogP contribution in [0.3, 0.4) is 0 Å². The van der Waals surface area contributed by atoms with E-state index < -0.39 is 10.0 Å². The molecule has 1 aliphatic heterocycles. The number of phenols is 1. The topological polar surface area (TPSA) is 78.4 Å². The van der Waals surface area contributed by atoms with E-state index in [1.54, 1.807) is 18.2 Å². The molecule has 6 heteroatoms. The van der Waals surface area contributed by atoms with E-state index in [2.05, 4.69) is 22.2 Å². The average Bonchev–Trinajstić information content (AvgIpc) is 3.24. The minimum Gasteiger partial charge on any atom is -0.508 e. The van der Waals surface area contributed by atoms with Gasteiger partial charge in [0, 0.05) is 17.6 Å². The molecule has 0 saturated heterocycles. The maximum atomic E-state index is 13.0. The standard InChI is InChI=1S/C24H28N2O3S/c27-18-11-9-16(10-12-18)24-21-8-4-7-20(21)22-15-19(13-14-23(22)25-24)30(28,29)26-17-5-2-1-3-6-17/h4,7,9-15,17,20-21,24-27H,1-3,5-6,8H2. The van der Waals surface area contributed by atoms with E-state index in [0.717, 1.165) is 48.9 Å². The third kappa shape index (κ3) is 3.63. The second-order valence-corrected chi connectivity index (χ2v) is 10.5. The highest BCUT2D eigenvalue weighted by Gasteiger charge is 2.38. The highest BCUT2D eigenvalue weighted by molar-refractivity contribution is 7.89. The van der Waals surface area contributed by atoms with Crippen molar-refractivity contribution in [3.05, 3.63) is 65.7 Å². The SMILES string of the molecule is O=S(=O)(NC1CCCCC1)c1ccc2c(c1)C1C=CCC1C(c1ccc(O)cc1)N2. The normalized spacial score (nSPS) is 26.1. The molecule has 30 heavy (non-hydrogen) atoms. The van der Waals surface area contributed by atoms with Crippen molar-refractivity contribution < 1.29 is 13.5 Å². The van der Waals surface area contributed by atoms with Crippen LogP contribution in [0.4, 0.5) is 5.69 Å². The molecular weight excluding hydrogens is 396 g/mol. The summed E-state index contributed by atoms with van der Waals surface area (Å²) in [6, 6.07) is 13.0. The molecule has 3 aliphatic rings. The van der Waals surface area contributed by atoms with Gasteiger partial charge in [-0.15, -0.1) is 0 Å². The lowest BCUT2D eigenvalue weighted by Crippen LogP contribution is -2.36. The lowest BCUT2D eigenvalue weighted by Gasteiger charge is -2.37. The Hall–Kier alpha value is -2.31. The van der Waals surface area contributed by atoms with Gasteiger partial charge in [0.1, 0.15) is 5.75 Å². The zero-order valence-corrected chi connectivity index (χ0v) is 17.7. The van der Waals surface area contributed by atoms with Gasteiger partial charge in [-0.05, 0) is 66.6 Å². The number of anilines is 1. The predicted molar refractivity (Wildman–Crippen MR) is 118 cm³/mol. The monoisotopic (exact) mass is 424 g/mol. The van der Waals surface area contributed by atoms with Crippen LogP contribution in [0, 0.1) is 5.92 Å². The molecule has 158 valence electrons. The van der Waals surface area contributed by atoms with E-state index in [0.29, 0.717) is 10.8 Å². The van der Waals surface area contributed by atoms with Crippen LogP contribution in [0.25, 0.3) is 0 Å². The van der Waals surface area contributed by atoms with Crippen molar-refractivity contribution in [3.8, 4) is 5.75 Å². The van der Waals surface area contributed by atoms with E-state index in [4.69, 9.17) is 0 Å². The molecule has 0 aromatic heterocycles. The molecule has 3 N–H and O–H groups in total. The molecule has 3 unspecified atom stereocenters. The number of allylic oxidation sites excluding steroid dienone is 2. The molecule has 1 fully saturated rings. The van der Waals surface area contributed by atoms with Gasteiger partial charge < -0.3 is 10.4 Å². The number of sulfonamides is 1. The van der Waals surface area contributed by atoms with E-state index in [-0.39, 0.29) is 23.8 Å². The van der Waals surface area contributed by atoms with Crippen molar-refractivity contribution in [2.24, 2.45) is 5.92 Å². The summed E-state index contributed by atoms with van der Waals surface area (Å²) >= 11 is 0. The molecule has 1 saturated carbocycles. The summed E-state index contributed by atoms with van der Waals surface area (Å²) in [6.45, 7) is 0. The Labute approximate surface area is 178 Å². The van der Waals surface area contributed by atoms with Crippen LogP contribution in [0.15, 0.2) is 59.5 Å². The fourth-order valence-corrected chi connectivity index (χ4v) is 6.60. The third-order valence-corrected chi connectivity index (χ3v) is 8.34. The Kier molecular flexibility index (Phi) is 5.07. The molecule has 0 bridgehead atoms. The Bertz CT molecular complexity index is 1060. The lowest BCUT2D eigenvalue weighted by atomic mass is 9.77. The Balaban J connectivity index is 1.45. The Morgan fingerprint density at radius 3 is 2.53 bits per heavy atom. The van der Waals surface area contributed by atoms with Crippen LogP contribution in [0.2, 0.25) is 0 Å². The summed E-state index contributed by atoms with van der Waals surface area (Å²) in [7, 11) is -3.52. The van der Waals surface area contributed by atoms with E-state index >= 15 is 0 Å². The molecule has 2 aromatic rings. The quantitative estimate of drug-likeness (QED) is 0.614. The first kappa shape index (κ1) is 19.6. The molecule has 1 heterocycles. The average molecular weight is 425 g/mol. The van der Waals surface area contributed by atoms with Crippen molar-refractivity contribution in [3.63, 3.8) is 0 Å². The van der Waals surface area contributed by atoms with Crippen molar-refractivity contribution in [1.82, 2.24) is 4.72 Å². The summed E-state index contributed by atoms with van der Waals surface area (Å²) in [5.41, 5.74) is 3.17. The number of fused-ring (bicyclic) bond motifs is 3. The summed E-state index contributed by atoms with van der Waals surface area (Å²) in [5, 5.41) is 13.3. The fourth-order valence-electron chi connectivity index (χ4n) is 5.26. The third-order valence-electron chi connectivity index (χ3n) is 6.82. The highest BCUT2D eigenvalue weighted by atomic mass is 32.2. The minimum atomic E-state index is -3.52. The van der Waals surface area contributed by atoms with Crippen LogP contribution in [-0.4, -0.2) is 19.6 Å². The van der Waals surface area contributed by atoms with Crippen molar-refractivity contribution >= 4 is 15.7 Å². The number of rotatable bonds is 4. The summed E-state index contributed by atoms with van der Waals surface area (Å²) in [4.78, 5) is 0.357. The van der Waals surface area contributed by atoms with Gasteiger partial charge in [0.05, 0.1) is 10.9 Å². The minimum absolute atomic E-state index is 0.0518.